The molecule has 1 aliphatic heterocycles. The molecule has 1 saturated heterocycles. The Balaban J connectivity index is 1.79. The highest BCUT2D eigenvalue weighted by molar-refractivity contribution is 5.65. The normalized spacial score (nSPS) is 19.8. The van der Waals surface area contributed by atoms with Crippen LogP contribution in [-0.4, -0.2) is 46.3 Å². The predicted octanol–water partition coefficient (Wildman–Crippen LogP) is 2.77. The van der Waals surface area contributed by atoms with E-state index in [1.807, 2.05) is 36.7 Å². The second-order valence-corrected chi connectivity index (χ2v) is 6.22. The first-order valence-corrected chi connectivity index (χ1v) is 8.42. The van der Waals surface area contributed by atoms with Crippen molar-refractivity contribution in [1.82, 2.24) is 14.9 Å². The lowest BCUT2D eigenvalue weighted by atomic mass is 9.86. The third kappa shape index (κ3) is 2.81. The molecule has 2 aromatic rings. The number of aliphatic hydroxyl groups is 1. The Bertz CT molecular complexity index is 739. The van der Waals surface area contributed by atoms with Gasteiger partial charge >= 0.3 is 0 Å². The summed E-state index contributed by atoms with van der Waals surface area (Å²) in [6, 6.07) is 8.10. The van der Waals surface area contributed by atoms with Crippen molar-refractivity contribution in [2.75, 3.05) is 26.3 Å². The fourth-order valence-electron chi connectivity index (χ4n) is 3.67. The number of hydrogen-bond acceptors (Lipinski definition) is 5. The zero-order chi connectivity index (χ0) is 16.4. The van der Waals surface area contributed by atoms with Gasteiger partial charge in [-0.1, -0.05) is 6.07 Å². The second-order valence-electron chi connectivity index (χ2n) is 6.22. The van der Waals surface area contributed by atoms with Gasteiger partial charge in [-0.3, -0.25) is 14.9 Å². The number of pyridine rings is 2. The highest BCUT2D eigenvalue weighted by Gasteiger charge is 2.31. The first kappa shape index (κ1) is 15.3. The van der Waals surface area contributed by atoms with Gasteiger partial charge in [0.25, 0.3) is 0 Å². The molecule has 2 aromatic heterocycles. The topological polar surface area (TPSA) is 58.5 Å². The number of aryl methyl sites for hydroxylation is 1. The molecule has 5 nitrogen and oxygen atoms in total. The molecule has 1 N–H and O–H groups in total. The Hall–Kier alpha value is -2.24. The van der Waals surface area contributed by atoms with Gasteiger partial charge in [-0.25, -0.2) is 0 Å². The molecule has 0 saturated carbocycles. The van der Waals surface area contributed by atoms with Crippen molar-refractivity contribution in [2.24, 2.45) is 0 Å². The molecule has 4 rings (SSSR count). The lowest BCUT2D eigenvalue weighted by molar-refractivity contribution is 0.0223. The minimum atomic E-state index is 0.0482. The molecule has 0 amide bonds. The van der Waals surface area contributed by atoms with Crippen molar-refractivity contribution < 1.29 is 9.84 Å². The zero-order valence-corrected chi connectivity index (χ0v) is 13.6. The molecule has 1 fully saturated rings. The molecule has 2 aliphatic rings. The lowest BCUT2D eigenvalue weighted by Crippen LogP contribution is -2.40. The second kappa shape index (κ2) is 6.71. The molecule has 124 valence electrons. The Morgan fingerprint density at radius 3 is 2.62 bits per heavy atom. The highest BCUT2D eigenvalue weighted by Crippen LogP contribution is 2.39. The SMILES string of the molecule is OC1=C(C(c2ccncc2)N2CCOCC2)CCc2cccnc21. The van der Waals surface area contributed by atoms with Crippen LogP contribution in [0.2, 0.25) is 0 Å². The van der Waals surface area contributed by atoms with Gasteiger partial charge in [0.1, 0.15) is 11.5 Å². The van der Waals surface area contributed by atoms with Gasteiger partial charge in [0, 0.05) is 31.7 Å². The first-order valence-electron chi connectivity index (χ1n) is 8.42. The van der Waals surface area contributed by atoms with Crippen LogP contribution in [0.15, 0.2) is 48.4 Å². The summed E-state index contributed by atoms with van der Waals surface area (Å²) >= 11 is 0. The van der Waals surface area contributed by atoms with Crippen molar-refractivity contribution in [1.29, 1.82) is 0 Å². The molecular formula is C19H21N3O2. The Labute approximate surface area is 141 Å². The van der Waals surface area contributed by atoms with Crippen LogP contribution in [0.4, 0.5) is 0 Å². The number of hydrogen-bond donors (Lipinski definition) is 1. The van der Waals surface area contributed by atoms with E-state index in [1.54, 1.807) is 6.20 Å². The van der Waals surface area contributed by atoms with Gasteiger partial charge in [-0.15, -0.1) is 0 Å². The smallest absolute Gasteiger partial charge is 0.142 e. The maximum atomic E-state index is 10.9. The van der Waals surface area contributed by atoms with Crippen molar-refractivity contribution in [3.8, 4) is 0 Å². The zero-order valence-electron chi connectivity index (χ0n) is 13.6. The maximum absolute atomic E-state index is 10.9. The van der Waals surface area contributed by atoms with Crippen LogP contribution < -0.4 is 0 Å². The van der Waals surface area contributed by atoms with E-state index in [-0.39, 0.29) is 6.04 Å². The van der Waals surface area contributed by atoms with Crippen molar-refractivity contribution in [2.45, 2.75) is 18.9 Å². The Morgan fingerprint density at radius 2 is 1.83 bits per heavy atom. The van der Waals surface area contributed by atoms with Crippen LogP contribution >= 0.6 is 0 Å². The summed E-state index contributed by atoms with van der Waals surface area (Å²) in [4.78, 5) is 10.9. The highest BCUT2D eigenvalue weighted by atomic mass is 16.5. The summed E-state index contributed by atoms with van der Waals surface area (Å²) in [6.45, 7) is 3.17. The molecular weight excluding hydrogens is 302 g/mol. The van der Waals surface area contributed by atoms with Crippen LogP contribution in [0.1, 0.15) is 29.3 Å². The summed E-state index contributed by atoms with van der Waals surface area (Å²) in [7, 11) is 0. The quantitative estimate of drug-likeness (QED) is 0.941. The average molecular weight is 323 g/mol. The van der Waals surface area contributed by atoms with Gasteiger partial charge in [-0.2, -0.15) is 0 Å². The molecule has 0 bridgehead atoms. The van der Waals surface area contributed by atoms with Crippen LogP contribution in [0.25, 0.3) is 5.76 Å². The number of morpholine rings is 1. The van der Waals surface area contributed by atoms with E-state index < -0.39 is 0 Å². The standard InChI is InChI=1S/C19H21N3O2/c23-19-16(4-3-14-2-1-7-21-17(14)19)18(15-5-8-20-9-6-15)22-10-12-24-13-11-22/h1-2,5-9,18,23H,3-4,10-13H2. The largest absolute Gasteiger partial charge is 0.506 e. The first-order chi connectivity index (χ1) is 11.8. The number of ether oxygens (including phenoxy) is 1. The third-order valence-corrected chi connectivity index (χ3v) is 4.85. The van der Waals surface area contributed by atoms with Crippen LogP contribution in [-0.2, 0) is 11.2 Å². The van der Waals surface area contributed by atoms with E-state index in [4.69, 9.17) is 4.74 Å². The molecule has 1 aliphatic carbocycles. The molecule has 24 heavy (non-hydrogen) atoms. The number of fused-ring (bicyclic) bond motifs is 1. The summed E-state index contributed by atoms with van der Waals surface area (Å²) in [5.41, 5.74) is 4.06. The van der Waals surface area contributed by atoms with E-state index in [2.05, 4.69) is 14.9 Å². The van der Waals surface area contributed by atoms with E-state index in [0.29, 0.717) is 5.76 Å². The number of aromatic nitrogens is 2. The maximum Gasteiger partial charge on any atom is 0.142 e. The van der Waals surface area contributed by atoms with E-state index in [1.165, 1.54) is 0 Å². The monoisotopic (exact) mass is 323 g/mol. The van der Waals surface area contributed by atoms with Gasteiger partial charge in [0.05, 0.1) is 19.3 Å². The molecule has 5 heteroatoms. The molecule has 1 unspecified atom stereocenters. The summed E-state index contributed by atoms with van der Waals surface area (Å²) in [6.07, 6.45) is 7.13. The van der Waals surface area contributed by atoms with Crippen molar-refractivity contribution in [3.63, 3.8) is 0 Å². The third-order valence-electron chi connectivity index (χ3n) is 4.85. The Morgan fingerprint density at radius 1 is 1.04 bits per heavy atom. The van der Waals surface area contributed by atoms with Crippen LogP contribution in [0.5, 0.6) is 0 Å². The number of nitrogens with zero attached hydrogens (tertiary/aromatic N) is 3. The van der Waals surface area contributed by atoms with Crippen LogP contribution in [0.3, 0.4) is 0 Å². The van der Waals surface area contributed by atoms with Crippen LogP contribution in [0, 0.1) is 0 Å². The van der Waals surface area contributed by atoms with E-state index >= 15 is 0 Å². The van der Waals surface area contributed by atoms with Gasteiger partial charge in [-0.05, 0) is 47.7 Å². The van der Waals surface area contributed by atoms with E-state index in [0.717, 1.165) is 61.5 Å². The summed E-state index contributed by atoms with van der Waals surface area (Å²) < 4.78 is 5.51. The summed E-state index contributed by atoms with van der Waals surface area (Å²) in [5, 5.41) is 10.9. The fraction of sp³-hybridized carbons (Fsp3) is 0.368. The van der Waals surface area contributed by atoms with Gasteiger partial charge in [0.15, 0.2) is 0 Å². The molecule has 1 atom stereocenters. The van der Waals surface area contributed by atoms with Crippen molar-refractivity contribution in [3.05, 3.63) is 65.2 Å². The lowest BCUT2D eigenvalue weighted by Gasteiger charge is -2.37. The number of aliphatic hydroxyl groups excluding tert-OH is 1. The molecule has 3 heterocycles. The molecule has 0 aromatic carbocycles. The molecule has 0 radical (unpaired) electrons. The minimum Gasteiger partial charge on any atom is -0.506 e. The van der Waals surface area contributed by atoms with Crippen molar-refractivity contribution >= 4 is 5.76 Å². The van der Waals surface area contributed by atoms with E-state index in [9.17, 15) is 5.11 Å². The van der Waals surface area contributed by atoms with Gasteiger partial charge < -0.3 is 9.84 Å². The number of rotatable bonds is 3. The fourth-order valence-corrected chi connectivity index (χ4v) is 3.67. The Kier molecular flexibility index (Phi) is 4.28. The molecule has 0 spiro atoms. The minimum absolute atomic E-state index is 0.0482. The average Bonchev–Trinajstić information content (AvgIpc) is 2.66. The predicted molar refractivity (Wildman–Crippen MR) is 91.5 cm³/mol. The van der Waals surface area contributed by atoms with Gasteiger partial charge in [0.2, 0.25) is 0 Å². The summed E-state index contributed by atoms with van der Waals surface area (Å²) in [5.74, 6) is 0.338.